The van der Waals surface area contributed by atoms with E-state index in [-0.39, 0.29) is 12.5 Å². The molecule has 0 spiro atoms. The number of ether oxygens (including phenoxy) is 2. The number of rotatable bonds is 2. The van der Waals surface area contributed by atoms with Crippen molar-refractivity contribution in [3.63, 3.8) is 0 Å². The third-order valence-electron chi connectivity index (χ3n) is 3.03. The van der Waals surface area contributed by atoms with Crippen LogP contribution < -0.4 is 10.6 Å². The van der Waals surface area contributed by atoms with Crippen LogP contribution >= 0.6 is 11.6 Å². The van der Waals surface area contributed by atoms with Crippen molar-refractivity contribution in [2.75, 3.05) is 0 Å². The number of aliphatic imine (C=N–C) groups is 1. The Morgan fingerprint density at radius 2 is 1.48 bits per heavy atom. The van der Waals surface area contributed by atoms with Gasteiger partial charge in [0.15, 0.2) is 0 Å². The molecule has 0 unspecified atom stereocenters. The summed E-state index contributed by atoms with van der Waals surface area (Å²) >= 11 is 6.12. The van der Waals surface area contributed by atoms with Gasteiger partial charge in [0, 0.05) is 5.02 Å². The van der Waals surface area contributed by atoms with E-state index in [2.05, 4.69) is 15.6 Å². The van der Waals surface area contributed by atoms with E-state index in [1.165, 1.54) is 0 Å². The summed E-state index contributed by atoms with van der Waals surface area (Å²) in [6, 6.07) is 5.45. The van der Waals surface area contributed by atoms with Crippen molar-refractivity contribution in [2.45, 2.75) is 66.2 Å². The molecule has 0 aliphatic carbocycles. The van der Waals surface area contributed by atoms with Crippen molar-refractivity contribution in [1.29, 1.82) is 0 Å². The van der Waals surface area contributed by atoms with E-state index in [0.717, 1.165) is 11.1 Å². The summed E-state index contributed by atoms with van der Waals surface area (Å²) in [5, 5.41) is 5.49. The van der Waals surface area contributed by atoms with E-state index in [4.69, 9.17) is 21.1 Å². The van der Waals surface area contributed by atoms with E-state index in [9.17, 15) is 9.59 Å². The second-order valence-electron chi connectivity index (χ2n) is 7.94. The molecule has 0 atom stereocenters. The van der Waals surface area contributed by atoms with Gasteiger partial charge < -0.3 is 9.47 Å². The lowest BCUT2D eigenvalue weighted by Gasteiger charge is -2.22. The number of amides is 2. The Labute approximate surface area is 165 Å². The van der Waals surface area contributed by atoms with Gasteiger partial charge in [0.05, 0.1) is 6.54 Å². The lowest BCUT2D eigenvalue weighted by Crippen LogP contribution is -2.47. The molecule has 0 saturated heterocycles. The monoisotopic (exact) mass is 397 g/mol. The first-order valence-corrected chi connectivity index (χ1v) is 8.93. The molecule has 0 saturated carbocycles. The fourth-order valence-electron chi connectivity index (χ4n) is 1.90. The maximum Gasteiger partial charge on any atom is 0.414 e. The summed E-state index contributed by atoms with van der Waals surface area (Å²) in [6.45, 7) is 12.5. The Balaban J connectivity index is 2.96. The van der Waals surface area contributed by atoms with Gasteiger partial charge in [-0.05, 0) is 65.7 Å². The number of carbonyl (C=O) groups excluding carboxylic acids is 2. The standard InChI is InChI=1S/C19H28ClN3O4/c1-12-13(9-8-10-14(12)20)11-21-15(22-16(24)26-18(2,3)4)23-17(25)27-19(5,6)7/h8-10H,11H2,1-7H3,(H2,21,22,23,24,25). The second kappa shape index (κ2) is 9.08. The topological polar surface area (TPSA) is 89.0 Å². The summed E-state index contributed by atoms with van der Waals surface area (Å²) in [6.07, 6.45) is -1.47. The average molecular weight is 398 g/mol. The van der Waals surface area contributed by atoms with Gasteiger partial charge >= 0.3 is 12.2 Å². The van der Waals surface area contributed by atoms with Crippen LogP contribution in [0.5, 0.6) is 0 Å². The molecule has 0 aliphatic heterocycles. The molecule has 0 heterocycles. The number of benzene rings is 1. The average Bonchev–Trinajstić information content (AvgIpc) is 2.44. The van der Waals surface area contributed by atoms with Gasteiger partial charge in [0.1, 0.15) is 11.2 Å². The molecule has 2 N–H and O–H groups in total. The highest BCUT2D eigenvalue weighted by Gasteiger charge is 2.21. The highest BCUT2D eigenvalue weighted by atomic mass is 35.5. The van der Waals surface area contributed by atoms with Crippen LogP contribution in [-0.2, 0) is 16.0 Å². The summed E-state index contributed by atoms with van der Waals surface area (Å²) in [5.74, 6) is -0.0714. The normalized spacial score (nSPS) is 11.4. The third-order valence-corrected chi connectivity index (χ3v) is 3.44. The van der Waals surface area contributed by atoms with Crippen molar-refractivity contribution in [3.8, 4) is 0 Å². The zero-order chi connectivity index (χ0) is 20.8. The zero-order valence-corrected chi connectivity index (χ0v) is 17.7. The molecule has 150 valence electrons. The number of guanidine groups is 1. The quantitative estimate of drug-likeness (QED) is 0.565. The Morgan fingerprint density at radius 1 is 1.00 bits per heavy atom. The molecule has 27 heavy (non-hydrogen) atoms. The van der Waals surface area contributed by atoms with Crippen LogP contribution in [0.3, 0.4) is 0 Å². The molecule has 1 rings (SSSR count). The maximum atomic E-state index is 12.0. The minimum absolute atomic E-state index is 0.0714. The lowest BCUT2D eigenvalue weighted by molar-refractivity contribution is 0.0545. The van der Waals surface area contributed by atoms with Crippen LogP contribution in [-0.4, -0.2) is 29.3 Å². The summed E-state index contributed by atoms with van der Waals surface area (Å²) in [5.41, 5.74) is 0.351. The molecule has 7 nitrogen and oxygen atoms in total. The number of carbonyl (C=O) groups is 2. The fourth-order valence-corrected chi connectivity index (χ4v) is 2.09. The lowest BCUT2D eigenvalue weighted by atomic mass is 10.1. The molecule has 2 amide bonds. The molecule has 1 aromatic rings. The molecule has 0 aliphatic rings. The molecule has 0 aromatic heterocycles. The minimum atomic E-state index is -0.736. The number of hydrogen-bond donors (Lipinski definition) is 2. The van der Waals surface area contributed by atoms with Crippen LogP contribution in [0.25, 0.3) is 0 Å². The van der Waals surface area contributed by atoms with Crippen LogP contribution in [0.15, 0.2) is 23.2 Å². The Morgan fingerprint density at radius 3 is 1.93 bits per heavy atom. The van der Waals surface area contributed by atoms with Gasteiger partial charge in [-0.25, -0.2) is 14.6 Å². The number of alkyl carbamates (subject to hydrolysis) is 2. The van der Waals surface area contributed by atoms with E-state index >= 15 is 0 Å². The Bertz CT molecular complexity index is 687. The maximum absolute atomic E-state index is 12.0. The van der Waals surface area contributed by atoms with Crippen LogP contribution in [0.4, 0.5) is 9.59 Å². The summed E-state index contributed by atoms with van der Waals surface area (Å²) in [4.78, 5) is 28.4. The van der Waals surface area contributed by atoms with Crippen molar-refractivity contribution in [2.24, 2.45) is 4.99 Å². The molecule has 0 fully saturated rings. The zero-order valence-electron chi connectivity index (χ0n) is 16.9. The number of nitrogens with zero attached hydrogens (tertiary/aromatic N) is 1. The van der Waals surface area contributed by atoms with Gasteiger partial charge in [0.2, 0.25) is 5.96 Å². The van der Waals surface area contributed by atoms with E-state index in [0.29, 0.717) is 5.02 Å². The van der Waals surface area contributed by atoms with Gasteiger partial charge in [-0.2, -0.15) is 0 Å². The highest BCUT2D eigenvalue weighted by molar-refractivity contribution is 6.31. The van der Waals surface area contributed by atoms with Gasteiger partial charge in [-0.3, -0.25) is 10.6 Å². The Kier molecular flexibility index (Phi) is 7.65. The van der Waals surface area contributed by atoms with Crippen LogP contribution in [0.1, 0.15) is 52.7 Å². The molecular weight excluding hydrogens is 370 g/mol. The van der Waals surface area contributed by atoms with Gasteiger partial charge in [-0.1, -0.05) is 23.7 Å². The second-order valence-corrected chi connectivity index (χ2v) is 8.35. The largest absolute Gasteiger partial charge is 0.444 e. The smallest absolute Gasteiger partial charge is 0.414 e. The first-order chi connectivity index (χ1) is 12.3. The van der Waals surface area contributed by atoms with E-state index in [1.54, 1.807) is 47.6 Å². The minimum Gasteiger partial charge on any atom is -0.444 e. The van der Waals surface area contributed by atoms with E-state index in [1.807, 2.05) is 19.1 Å². The summed E-state index contributed by atoms with van der Waals surface area (Å²) < 4.78 is 10.4. The molecule has 8 heteroatoms. The van der Waals surface area contributed by atoms with Crippen molar-refractivity contribution in [3.05, 3.63) is 34.3 Å². The number of nitrogens with one attached hydrogen (secondary N) is 2. The fraction of sp³-hybridized carbons (Fsp3) is 0.526. The van der Waals surface area contributed by atoms with Crippen molar-refractivity contribution >= 4 is 29.7 Å². The van der Waals surface area contributed by atoms with Crippen LogP contribution in [0, 0.1) is 6.92 Å². The first kappa shape index (κ1) is 22.8. The number of halogens is 1. The molecule has 0 radical (unpaired) electrons. The van der Waals surface area contributed by atoms with E-state index < -0.39 is 23.4 Å². The highest BCUT2D eigenvalue weighted by Crippen LogP contribution is 2.19. The van der Waals surface area contributed by atoms with Gasteiger partial charge in [-0.15, -0.1) is 0 Å². The summed E-state index contributed by atoms with van der Waals surface area (Å²) in [7, 11) is 0. The Hall–Kier alpha value is -2.28. The SMILES string of the molecule is Cc1c(Cl)cccc1CN=C(NC(=O)OC(C)(C)C)NC(=O)OC(C)(C)C. The molecular formula is C19H28ClN3O4. The third kappa shape index (κ3) is 9.28. The van der Waals surface area contributed by atoms with Crippen molar-refractivity contribution < 1.29 is 19.1 Å². The predicted octanol–water partition coefficient (Wildman–Crippen LogP) is 4.55. The molecule has 0 bridgehead atoms. The van der Waals surface area contributed by atoms with Crippen molar-refractivity contribution in [1.82, 2.24) is 10.6 Å². The van der Waals surface area contributed by atoms with Crippen LogP contribution in [0.2, 0.25) is 5.02 Å². The van der Waals surface area contributed by atoms with Gasteiger partial charge in [0.25, 0.3) is 0 Å². The predicted molar refractivity (Wildman–Crippen MR) is 106 cm³/mol. The number of hydrogen-bond acceptors (Lipinski definition) is 5. The molecule has 1 aromatic carbocycles. The first-order valence-electron chi connectivity index (χ1n) is 8.55.